The third kappa shape index (κ3) is 3.44. The predicted molar refractivity (Wildman–Crippen MR) is 97.7 cm³/mol. The highest BCUT2D eigenvalue weighted by Gasteiger charge is 2.11. The second kappa shape index (κ2) is 6.53. The maximum Gasteiger partial charge on any atom is 0.267 e. The standard InChI is InChI=1S/C19H20N2OS/c1-4-14-7-12(2)18-16(8-14)9-17(21-18)19(22)20-10-15-6-5-13(3)23-11-15/h6-9,11,21H,4,10H2,1-3H3,(H,20,22). The first-order valence-corrected chi connectivity index (χ1v) is 8.64. The van der Waals surface area contributed by atoms with Crippen LogP contribution in [0.15, 0.2) is 45.9 Å². The zero-order valence-corrected chi connectivity index (χ0v) is 14.4. The lowest BCUT2D eigenvalue weighted by molar-refractivity contribution is 0.0953. The van der Waals surface area contributed by atoms with Crippen LogP contribution in [-0.4, -0.2) is 17.4 Å². The van der Waals surface area contributed by atoms with E-state index in [-0.39, 0.29) is 5.91 Å². The van der Waals surface area contributed by atoms with E-state index in [2.05, 4.69) is 47.4 Å². The van der Waals surface area contributed by atoms with E-state index in [1.54, 1.807) is 11.8 Å². The Kier molecular flexibility index (Phi) is 4.46. The van der Waals surface area contributed by atoms with Crippen molar-refractivity contribution < 1.29 is 4.79 Å². The smallest absolute Gasteiger partial charge is 0.267 e. The summed E-state index contributed by atoms with van der Waals surface area (Å²) < 4.78 is 0. The van der Waals surface area contributed by atoms with Crippen molar-refractivity contribution in [2.24, 2.45) is 0 Å². The number of hydrogen-bond acceptors (Lipinski definition) is 2. The van der Waals surface area contributed by atoms with Gasteiger partial charge in [0, 0.05) is 22.4 Å². The summed E-state index contributed by atoms with van der Waals surface area (Å²) in [7, 11) is 0. The first-order valence-electron chi connectivity index (χ1n) is 7.76. The summed E-state index contributed by atoms with van der Waals surface area (Å²) in [5.41, 5.74) is 8.34. The van der Waals surface area contributed by atoms with Gasteiger partial charge in [0.1, 0.15) is 5.69 Å². The van der Waals surface area contributed by atoms with E-state index in [4.69, 9.17) is 0 Å². The molecule has 0 saturated heterocycles. The fraction of sp³-hybridized carbons (Fsp3) is 0.263. The number of nitrogens with one attached hydrogen (secondary N) is 2. The molecule has 23 heavy (non-hydrogen) atoms. The van der Waals surface area contributed by atoms with Crippen molar-refractivity contribution in [1.29, 1.82) is 0 Å². The van der Waals surface area contributed by atoms with Gasteiger partial charge in [-0.15, -0.1) is 5.73 Å². The van der Waals surface area contributed by atoms with Crippen LogP contribution in [0.3, 0.4) is 0 Å². The molecule has 0 fully saturated rings. The normalized spacial score (nSPS) is 13.9. The quantitative estimate of drug-likeness (QED) is 0.816. The van der Waals surface area contributed by atoms with Crippen molar-refractivity contribution in [3.05, 3.63) is 62.7 Å². The Balaban J connectivity index is 1.76. The van der Waals surface area contributed by atoms with Gasteiger partial charge in [0.25, 0.3) is 5.91 Å². The molecular formula is C19H20N2OS. The highest BCUT2D eigenvalue weighted by molar-refractivity contribution is 8.05. The fourth-order valence-corrected chi connectivity index (χ4v) is 3.23. The van der Waals surface area contributed by atoms with Gasteiger partial charge >= 0.3 is 0 Å². The van der Waals surface area contributed by atoms with E-state index in [0.29, 0.717) is 12.2 Å². The molecule has 1 aliphatic heterocycles. The summed E-state index contributed by atoms with van der Waals surface area (Å²) in [6.45, 7) is 6.74. The third-order valence-corrected chi connectivity index (χ3v) is 4.83. The highest BCUT2D eigenvalue weighted by atomic mass is 32.2. The molecule has 0 bridgehead atoms. The van der Waals surface area contributed by atoms with Gasteiger partial charge < -0.3 is 10.3 Å². The molecule has 2 heterocycles. The minimum Gasteiger partial charge on any atom is -0.350 e. The highest BCUT2D eigenvalue weighted by Crippen LogP contribution is 2.23. The van der Waals surface area contributed by atoms with Crippen LogP contribution in [0.1, 0.15) is 35.5 Å². The number of carbonyl (C=O) groups excluding carboxylic acids is 1. The Hall–Kier alpha value is -2.16. The number of amides is 1. The molecule has 0 atom stereocenters. The number of aromatic amines is 1. The number of aromatic nitrogens is 1. The molecule has 1 aromatic heterocycles. The van der Waals surface area contributed by atoms with Gasteiger partial charge in [-0.25, -0.2) is 0 Å². The van der Waals surface area contributed by atoms with Crippen molar-refractivity contribution in [3.8, 4) is 0 Å². The molecule has 1 aromatic carbocycles. The lowest BCUT2D eigenvalue weighted by Crippen LogP contribution is -2.25. The molecule has 3 rings (SSSR count). The Morgan fingerprint density at radius 3 is 2.83 bits per heavy atom. The molecular weight excluding hydrogens is 304 g/mol. The number of H-pyrrole nitrogens is 1. The van der Waals surface area contributed by atoms with Crippen molar-refractivity contribution in [2.75, 3.05) is 6.54 Å². The van der Waals surface area contributed by atoms with Gasteiger partial charge in [0.2, 0.25) is 0 Å². The molecule has 0 radical (unpaired) electrons. The first-order chi connectivity index (χ1) is 11.1. The molecule has 0 spiro atoms. The second-order valence-corrected chi connectivity index (χ2v) is 6.84. The Morgan fingerprint density at radius 2 is 2.13 bits per heavy atom. The monoisotopic (exact) mass is 324 g/mol. The third-order valence-electron chi connectivity index (χ3n) is 3.94. The predicted octanol–water partition coefficient (Wildman–Crippen LogP) is 4.46. The molecule has 0 saturated carbocycles. The van der Waals surface area contributed by atoms with Gasteiger partial charge in [0.15, 0.2) is 0 Å². The first kappa shape index (κ1) is 15.7. The van der Waals surface area contributed by atoms with Gasteiger partial charge in [-0.2, -0.15) is 0 Å². The van der Waals surface area contributed by atoms with Crippen LogP contribution in [0.2, 0.25) is 0 Å². The maximum absolute atomic E-state index is 12.4. The molecule has 1 aliphatic rings. The minimum absolute atomic E-state index is 0.0794. The van der Waals surface area contributed by atoms with Gasteiger partial charge in [-0.1, -0.05) is 24.8 Å². The fourth-order valence-electron chi connectivity index (χ4n) is 2.63. The molecule has 4 heteroatoms. The van der Waals surface area contributed by atoms with E-state index >= 15 is 0 Å². The molecule has 1 amide bonds. The summed E-state index contributed by atoms with van der Waals surface area (Å²) in [5, 5.41) is 6.11. The Bertz CT molecular complexity index is 867. The lowest BCUT2D eigenvalue weighted by Gasteiger charge is -2.06. The largest absolute Gasteiger partial charge is 0.350 e. The SMILES string of the molecule is CCc1cc(C)c2[nH]c(C(=O)NCC3=CSC(C)=C=C3)cc2c1. The maximum atomic E-state index is 12.4. The number of carbonyl (C=O) groups is 1. The zero-order valence-electron chi connectivity index (χ0n) is 13.6. The van der Waals surface area contributed by atoms with Crippen LogP contribution < -0.4 is 5.32 Å². The van der Waals surface area contributed by atoms with Crippen molar-refractivity contribution in [2.45, 2.75) is 27.2 Å². The molecule has 0 aliphatic carbocycles. The molecule has 2 aromatic rings. The lowest BCUT2D eigenvalue weighted by atomic mass is 10.1. The van der Waals surface area contributed by atoms with Crippen LogP contribution in [0.5, 0.6) is 0 Å². The second-order valence-electron chi connectivity index (χ2n) is 5.75. The Labute approximate surface area is 140 Å². The summed E-state index contributed by atoms with van der Waals surface area (Å²) in [4.78, 5) is 16.8. The summed E-state index contributed by atoms with van der Waals surface area (Å²) >= 11 is 1.64. The van der Waals surface area contributed by atoms with E-state index < -0.39 is 0 Å². The van der Waals surface area contributed by atoms with Crippen molar-refractivity contribution in [1.82, 2.24) is 10.3 Å². The number of hydrogen-bond donors (Lipinski definition) is 2. The van der Waals surface area contributed by atoms with E-state index in [1.807, 2.05) is 19.1 Å². The van der Waals surface area contributed by atoms with Gasteiger partial charge in [-0.3, -0.25) is 4.79 Å². The van der Waals surface area contributed by atoms with Gasteiger partial charge in [-0.05, 0) is 60.6 Å². The molecule has 118 valence electrons. The average Bonchev–Trinajstić information content (AvgIpc) is 2.98. The summed E-state index contributed by atoms with van der Waals surface area (Å²) in [5.74, 6) is -0.0794. The zero-order chi connectivity index (χ0) is 16.4. The number of thioether (sulfide) groups is 1. The van der Waals surface area contributed by atoms with Gasteiger partial charge in [0.05, 0.1) is 0 Å². The van der Waals surface area contributed by atoms with Crippen LogP contribution >= 0.6 is 11.8 Å². The Morgan fingerprint density at radius 1 is 1.30 bits per heavy atom. The molecule has 2 N–H and O–H groups in total. The van der Waals surface area contributed by atoms with Crippen LogP contribution in [-0.2, 0) is 6.42 Å². The van der Waals surface area contributed by atoms with E-state index in [0.717, 1.165) is 27.8 Å². The van der Waals surface area contributed by atoms with Crippen LogP contribution in [0, 0.1) is 6.92 Å². The molecule has 0 unspecified atom stereocenters. The van der Waals surface area contributed by atoms with Crippen LogP contribution in [0.4, 0.5) is 0 Å². The van der Waals surface area contributed by atoms with Crippen LogP contribution in [0.25, 0.3) is 10.9 Å². The number of aryl methyl sites for hydroxylation is 2. The number of benzene rings is 1. The molecule has 3 nitrogen and oxygen atoms in total. The average molecular weight is 324 g/mol. The number of fused-ring (bicyclic) bond motifs is 1. The number of rotatable bonds is 4. The van der Waals surface area contributed by atoms with Crippen molar-refractivity contribution in [3.63, 3.8) is 0 Å². The van der Waals surface area contributed by atoms with E-state index in [9.17, 15) is 4.79 Å². The topological polar surface area (TPSA) is 44.9 Å². The summed E-state index contributed by atoms with van der Waals surface area (Å²) in [6.07, 6.45) is 2.92. The summed E-state index contributed by atoms with van der Waals surface area (Å²) in [6, 6.07) is 6.25. The van der Waals surface area contributed by atoms with E-state index in [1.165, 1.54) is 11.1 Å². The van der Waals surface area contributed by atoms with Crippen molar-refractivity contribution >= 4 is 28.6 Å². The minimum atomic E-state index is -0.0794.